The number of hydrogen-bond acceptors (Lipinski definition) is 8. The summed E-state index contributed by atoms with van der Waals surface area (Å²) >= 11 is 7.34. The second kappa shape index (κ2) is 15.0. The zero-order valence-corrected chi connectivity index (χ0v) is 29.1. The van der Waals surface area contributed by atoms with E-state index in [1.807, 2.05) is 12.1 Å². The molecule has 9 nitrogen and oxygen atoms in total. The van der Waals surface area contributed by atoms with Gasteiger partial charge in [0.05, 0.1) is 16.9 Å². The van der Waals surface area contributed by atoms with Crippen LogP contribution in [0.15, 0.2) is 47.6 Å². The molecule has 240 valence electrons. The molecular weight excluding hydrogens is 787 g/mol. The summed E-state index contributed by atoms with van der Waals surface area (Å²) in [6.45, 7) is 6.47. The monoisotopic (exact) mass is 822 g/mol. The molecule has 1 atom stereocenters. The summed E-state index contributed by atoms with van der Waals surface area (Å²) in [7, 11) is 0. The number of nitrogens with one attached hydrogen (secondary N) is 2. The molecule has 1 aliphatic carbocycles. The molecule has 3 aromatic rings. The topological polar surface area (TPSA) is 100 Å². The van der Waals surface area contributed by atoms with Crippen LogP contribution >= 0.6 is 23.6 Å². The number of ether oxygens (including phenoxy) is 1. The Morgan fingerprint density at radius 1 is 1.18 bits per heavy atom. The minimum atomic E-state index is -4.20. The second-order valence-electron chi connectivity index (χ2n) is 11.8. The van der Waals surface area contributed by atoms with E-state index in [9.17, 15) is 13.2 Å². The molecule has 1 saturated carbocycles. The molecule has 0 radical (unpaired) electrons. The van der Waals surface area contributed by atoms with Gasteiger partial charge in [-0.25, -0.2) is 14.6 Å². The van der Waals surface area contributed by atoms with Gasteiger partial charge in [0, 0.05) is 63.7 Å². The Kier molecular flexibility index (Phi) is 11.9. The Morgan fingerprint density at radius 3 is 2.66 bits per heavy atom. The van der Waals surface area contributed by atoms with E-state index in [-0.39, 0.29) is 63.5 Å². The van der Waals surface area contributed by atoms with Gasteiger partial charge >= 0.3 is 6.18 Å². The van der Waals surface area contributed by atoms with E-state index in [1.165, 1.54) is 23.9 Å². The van der Waals surface area contributed by atoms with Gasteiger partial charge in [-0.1, -0.05) is 29.8 Å². The first-order valence-electron chi connectivity index (χ1n) is 14.4. The van der Waals surface area contributed by atoms with Crippen LogP contribution < -0.4 is 15.4 Å². The van der Waals surface area contributed by atoms with E-state index in [0.29, 0.717) is 11.5 Å². The molecule has 1 saturated heterocycles. The SMILES string of the molecule is CC1(C)CC(CCCCNc2ccc(SO[N-]c3ccc(-n4ccc(OCCC5(C(F)(F)F)CC5)n4)nc3Cl)cn2)CN1.[W]. The normalized spacial score (nSPS) is 18.5. The fourth-order valence-corrected chi connectivity index (χ4v) is 5.81. The van der Waals surface area contributed by atoms with Gasteiger partial charge in [-0.2, -0.15) is 13.2 Å². The molecule has 3 aromatic heterocycles. The van der Waals surface area contributed by atoms with Crippen molar-refractivity contribution in [3.63, 3.8) is 0 Å². The van der Waals surface area contributed by atoms with Gasteiger partial charge in [0.15, 0.2) is 5.82 Å². The molecule has 5 rings (SSSR count). The van der Waals surface area contributed by atoms with Crippen molar-refractivity contribution in [1.29, 1.82) is 0 Å². The van der Waals surface area contributed by atoms with Crippen LogP contribution in [0.1, 0.15) is 58.8 Å². The number of pyridine rings is 2. The van der Waals surface area contributed by atoms with Gasteiger partial charge in [0.25, 0.3) is 0 Å². The summed E-state index contributed by atoms with van der Waals surface area (Å²) in [5.74, 6) is 2.19. The minimum absolute atomic E-state index is 0. The molecular formula is C29H36ClF3N7O2SW-. The Labute approximate surface area is 279 Å². The fraction of sp³-hybridized carbons (Fsp3) is 0.552. The van der Waals surface area contributed by atoms with Gasteiger partial charge in [0.2, 0.25) is 5.88 Å². The molecule has 44 heavy (non-hydrogen) atoms. The predicted molar refractivity (Wildman–Crippen MR) is 161 cm³/mol. The molecule has 15 heteroatoms. The van der Waals surface area contributed by atoms with Crippen LogP contribution in [-0.2, 0) is 25.3 Å². The van der Waals surface area contributed by atoms with Crippen LogP contribution in [0, 0.1) is 11.3 Å². The third-order valence-electron chi connectivity index (χ3n) is 7.92. The Bertz CT molecular complexity index is 1360. The first kappa shape index (κ1) is 34.8. The molecule has 0 bridgehead atoms. The van der Waals surface area contributed by atoms with Crippen molar-refractivity contribution in [1.82, 2.24) is 25.1 Å². The zero-order valence-electron chi connectivity index (χ0n) is 24.6. The Hall–Kier alpha value is -2.05. The molecule has 1 unspecified atom stereocenters. The second-order valence-corrected chi connectivity index (χ2v) is 13.0. The van der Waals surface area contributed by atoms with Crippen molar-refractivity contribution in [2.75, 3.05) is 25.0 Å². The molecule has 2 N–H and O–H groups in total. The largest absolute Gasteiger partial charge is 0.546 e. The molecule has 1 aliphatic heterocycles. The number of rotatable bonds is 15. The van der Waals surface area contributed by atoms with E-state index >= 15 is 0 Å². The molecule has 0 aromatic carbocycles. The molecule has 2 fully saturated rings. The van der Waals surface area contributed by atoms with Crippen molar-refractivity contribution in [2.24, 2.45) is 11.3 Å². The number of anilines is 1. The van der Waals surface area contributed by atoms with Gasteiger partial charge in [0.1, 0.15) is 11.0 Å². The maximum absolute atomic E-state index is 13.1. The number of alkyl halides is 3. The van der Waals surface area contributed by atoms with Crippen molar-refractivity contribution >= 4 is 35.1 Å². The maximum atomic E-state index is 13.1. The molecule has 0 spiro atoms. The van der Waals surface area contributed by atoms with E-state index in [1.54, 1.807) is 30.6 Å². The van der Waals surface area contributed by atoms with E-state index < -0.39 is 11.6 Å². The number of aromatic nitrogens is 4. The summed E-state index contributed by atoms with van der Waals surface area (Å²) in [5, 5.41) is 11.3. The van der Waals surface area contributed by atoms with Crippen molar-refractivity contribution < 1.29 is 43.3 Å². The van der Waals surface area contributed by atoms with Crippen molar-refractivity contribution in [3.8, 4) is 11.7 Å². The summed E-state index contributed by atoms with van der Waals surface area (Å²) in [4.78, 5) is 9.49. The smallest absolute Gasteiger partial charge is 0.394 e. The van der Waals surface area contributed by atoms with Crippen LogP contribution in [0.5, 0.6) is 5.88 Å². The summed E-state index contributed by atoms with van der Waals surface area (Å²) in [6, 6.07) is 8.64. The molecule has 4 heterocycles. The van der Waals surface area contributed by atoms with E-state index in [4.69, 9.17) is 20.6 Å². The quantitative estimate of drug-likeness (QED) is 0.0689. The van der Waals surface area contributed by atoms with E-state index in [2.05, 4.69) is 45.0 Å². The Morgan fingerprint density at radius 2 is 2.00 bits per heavy atom. The first-order chi connectivity index (χ1) is 20.5. The fourth-order valence-electron chi connectivity index (χ4n) is 5.20. The summed E-state index contributed by atoms with van der Waals surface area (Å²) in [6.07, 6.45) is 4.11. The minimum Gasteiger partial charge on any atom is -0.546 e. The summed E-state index contributed by atoms with van der Waals surface area (Å²) < 4.78 is 51.5. The Balaban J connectivity index is 0.00000442. The first-order valence-corrected chi connectivity index (χ1v) is 15.6. The van der Waals surface area contributed by atoms with Crippen LogP contribution in [0.3, 0.4) is 0 Å². The molecule has 2 aliphatic rings. The molecule has 0 amide bonds. The number of hydrogen-bond donors (Lipinski definition) is 2. The number of unbranched alkanes of at least 4 members (excludes halogenated alkanes) is 1. The van der Waals surface area contributed by atoms with Crippen LogP contribution in [0.2, 0.25) is 5.15 Å². The predicted octanol–water partition coefficient (Wildman–Crippen LogP) is 8.04. The zero-order chi connectivity index (χ0) is 30.5. The van der Waals surface area contributed by atoms with Gasteiger partial charge < -0.3 is 25.1 Å². The van der Waals surface area contributed by atoms with Crippen molar-refractivity contribution in [2.45, 2.75) is 75.4 Å². The van der Waals surface area contributed by atoms with Crippen LogP contribution in [0.4, 0.5) is 24.7 Å². The maximum Gasteiger partial charge on any atom is 0.394 e. The van der Waals surface area contributed by atoms with Crippen LogP contribution in [-0.4, -0.2) is 51.2 Å². The third-order valence-corrected chi connectivity index (χ3v) is 8.78. The average molecular weight is 823 g/mol. The van der Waals surface area contributed by atoms with Gasteiger partial charge in [-0.05, 0) is 83.0 Å². The number of nitrogens with zero attached hydrogens (tertiary/aromatic N) is 5. The van der Waals surface area contributed by atoms with Crippen molar-refractivity contribution in [3.05, 3.63) is 53.4 Å². The standard InChI is InChI=1S/C29H36ClF3N7O2S.W/c1-27(2)17-20(18-36-27)5-3-4-14-34-23-8-6-21(19-35-23)43-42-39-22-7-9-24(37-26(22)30)40-15-10-25(38-40)41-16-13-28(11-12-28)29(31,32)33;/h6-10,15,19-20,36H,3-5,11-14,16-18H2,1-2H3,(H,34,35);/q-1;. The number of halogens is 4. The van der Waals surface area contributed by atoms with Crippen LogP contribution in [0.25, 0.3) is 11.3 Å². The third kappa shape index (κ3) is 9.48. The average Bonchev–Trinajstić information content (AvgIpc) is 3.48. The van der Waals surface area contributed by atoms with Gasteiger partial charge in [-0.15, -0.1) is 5.10 Å². The van der Waals surface area contributed by atoms with Gasteiger partial charge in [-0.3, -0.25) is 0 Å². The summed E-state index contributed by atoms with van der Waals surface area (Å²) in [5.41, 5.74) is 3.03. The van der Waals surface area contributed by atoms with E-state index in [0.717, 1.165) is 48.2 Å².